The number of para-hydroxylation sites is 1. The predicted molar refractivity (Wildman–Crippen MR) is 92.7 cm³/mol. The monoisotopic (exact) mass is 366 g/mol. The Morgan fingerprint density at radius 2 is 2.04 bits per heavy atom. The van der Waals surface area contributed by atoms with E-state index in [-0.39, 0.29) is 16.8 Å². The number of benzene rings is 1. The average molecular weight is 366 g/mol. The molecule has 1 aromatic heterocycles. The van der Waals surface area contributed by atoms with Gasteiger partial charge in [0.05, 0.1) is 6.26 Å². The number of carbonyl (C=O) groups excluding carboxylic acids is 1. The molecule has 0 bridgehead atoms. The second-order valence-corrected chi connectivity index (χ2v) is 8.72. The Balaban J connectivity index is 1.70. The minimum atomic E-state index is -3.21. The molecular formula is C15H18N4O3S2. The average Bonchev–Trinajstić information content (AvgIpc) is 3.05. The molecule has 1 aromatic carbocycles. The van der Waals surface area contributed by atoms with Crippen molar-refractivity contribution in [3.05, 3.63) is 40.3 Å². The van der Waals surface area contributed by atoms with Crippen molar-refractivity contribution in [1.29, 1.82) is 0 Å². The molecule has 1 fully saturated rings. The van der Waals surface area contributed by atoms with Gasteiger partial charge in [0.15, 0.2) is 0 Å². The first-order valence-electron chi connectivity index (χ1n) is 7.58. The van der Waals surface area contributed by atoms with E-state index in [0.717, 1.165) is 12.8 Å². The normalized spacial score (nSPS) is 19.1. The fourth-order valence-electron chi connectivity index (χ4n) is 2.64. The number of anilines is 1. The van der Waals surface area contributed by atoms with E-state index < -0.39 is 10.0 Å². The topological polar surface area (TPSA) is 92.3 Å². The van der Waals surface area contributed by atoms with Crippen LogP contribution in [0.4, 0.5) is 5.69 Å². The van der Waals surface area contributed by atoms with Crippen LogP contribution in [-0.2, 0) is 10.0 Å². The largest absolute Gasteiger partial charge is 0.320 e. The third-order valence-electron chi connectivity index (χ3n) is 3.87. The maximum Gasteiger partial charge on any atom is 0.286 e. The lowest BCUT2D eigenvalue weighted by Gasteiger charge is -2.29. The third-order valence-corrected chi connectivity index (χ3v) is 6.22. The standard InChI is InChI=1S/C15H18N4O3S2/c1-24(21,22)19-9-5-6-11(10-19)14-17-18-15(23-14)13(20)16-12-7-3-2-4-8-12/h2-4,7-8,11H,5-6,9-10H2,1H3,(H,16,20)/t11-/m1/s1. The molecule has 1 amide bonds. The highest BCUT2D eigenvalue weighted by Gasteiger charge is 2.29. The Kier molecular flexibility index (Phi) is 4.93. The molecule has 1 saturated heterocycles. The first kappa shape index (κ1) is 17.0. The van der Waals surface area contributed by atoms with Crippen LogP contribution in [0, 0.1) is 0 Å². The Bertz CT molecular complexity index is 820. The molecule has 9 heteroatoms. The molecule has 0 saturated carbocycles. The molecule has 1 N–H and O–H groups in total. The highest BCUT2D eigenvalue weighted by Crippen LogP contribution is 2.30. The van der Waals surface area contributed by atoms with E-state index >= 15 is 0 Å². The fourth-order valence-corrected chi connectivity index (χ4v) is 4.42. The maximum absolute atomic E-state index is 12.2. The zero-order chi connectivity index (χ0) is 17.2. The summed E-state index contributed by atoms with van der Waals surface area (Å²) in [5.41, 5.74) is 0.695. The van der Waals surface area contributed by atoms with Crippen LogP contribution < -0.4 is 5.32 Å². The molecule has 0 radical (unpaired) electrons. The second kappa shape index (κ2) is 6.96. The molecule has 3 rings (SSSR count). The number of nitrogens with zero attached hydrogens (tertiary/aromatic N) is 3. The van der Waals surface area contributed by atoms with Crippen molar-refractivity contribution >= 4 is 33.0 Å². The van der Waals surface area contributed by atoms with Gasteiger partial charge in [-0.15, -0.1) is 10.2 Å². The van der Waals surface area contributed by atoms with Gasteiger partial charge in [-0.2, -0.15) is 0 Å². The minimum Gasteiger partial charge on any atom is -0.320 e. The van der Waals surface area contributed by atoms with Crippen LogP contribution in [0.15, 0.2) is 30.3 Å². The molecule has 1 atom stereocenters. The Morgan fingerprint density at radius 1 is 1.29 bits per heavy atom. The lowest BCUT2D eigenvalue weighted by molar-refractivity contribution is 0.102. The van der Waals surface area contributed by atoms with Crippen molar-refractivity contribution in [2.24, 2.45) is 0 Å². The van der Waals surface area contributed by atoms with Gasteiger partial charge in [-0.1, -0.05) is 29.5 Å². The molecule has 24 heavy (non-hydrogen) atoms. The van der Waals surface area contributed by atoms with E-state index in [2.05, 4.69) is 15.5 Å². The molecule has 7 nitrogen and oxygen atoms in total. The zero-order valence-corrected chi connectivity index (χ0v) is 14.8. The van der Waals surface area contributed by atoms with Gasteiger partial charge in [0, 0.05) is 24.7 Å². The van der Waals surface area contributed by atoms with E-state index in [1.165, 1.54) is 21.9 Å². The molecule has 0 unspecified atom stereocenters. The number of nitrogens with one attached hydrogen (secondary N) is 1. The number of hydrogen-bond donors (Lipinski definition) is 1. The summed E-state index contributed by atoms with van der Waals surface area (Å²) in [4.78, 5) is 12.2. The van der Waals surface area contributed by atoms with Crippen LogP contribution in [0.2, 0.25) is 0 Å². The number of piperidine rings is 1. The molecule has 128 valence electrons. The van der Waals surface area contributed by atoms with Gasteiger partial charge < -0.3 is 5.32 Å². The summed E-state index contributed by atoms with van der Waals surface area (Å²) in [5.74, 6) is -0.315. The first-order valence-corrected chi connectivity index (χ1v) is 10.2. The van der Waals surface area contributed by atoms with Gasteiger partial charge in [-0.3, -0.25) is 4.79 Å². The van der Waals surface area contributed by atoms with Crippen molar-refractivity contribution in [1.82, 2.24) is 14.5 Å². The molecule has 0 aliphatic carbocycles. The summed E-state index contributed by atoms with van der Waals surface area (Å²) in [6.07, 6.45) is 2.85. The summed E-state index contributed by atoms with van der Waals surface area (Å²) < 4.78 is 24.9. The number of sulfonamides is 1. The van der Waals surface area contributed by atoms with Crippen LogP contribution in [0.5, 0.6) is 0 Å². The SMILES string of the molecule is CS(=O)(=O)N1CCC[C@@H](c2nnc(C(=O)Nc3ccccc3)s2)C1. The van der Waals surface area contributed by atoms with Crippen molar-refractivity contribution in [2.75, 3.05) is 24.7 Å². The smallest absolute Gasteiger partial charge is 0.286 e. The van der Waals surface area contributed by atoms with Gasteiger partial charge in [-0.05, 0) is 25.0 Å². The number of hydrogen-bond acceptors (Lipinski definition) is 6. The van der Waals surface area contributed by atoms with Crippen LogP contribution in [0.1, 0.15) is 33.6 Å². The summed E-state index contributed by atoms with van der Waals surface area (Å²) in [7, 11) is -3.21. The van der Waals surface area contributed by atoms with E-state index in [4.69, 9.17) is 0 Å². The molecule has 1 aliphatic rings. The Labute approximate surface area is 144 Å². The van der Waals surface area contributed by atoms with Crippen LogP contribution in [0.3, 0.4) is 0 Å². The third kappa shape index (κ3) is 3.97. The lowest BCUT2D eigenvalue weighted by atomic mass is 10.0. The lowest BCUT2D eigenvalue weighted by Crippen LogP contribution is -2.38. The number of amides is 1. The Hall–Kier alpha value is -1.84. The summed E-state index contributed by atoms with van der Waals surface area (Å²) in [6.45, 7) is 0.934. The highest BCUT2D eigenvalue weighted by molar-refractivity contribution is 7.88. The zero-order valence-electron chi connectivity index (χ0n) is 13.2. The molecule has 2 heterocycles. The number of carbonyl (C=O) groups is 1. The number of aromatic nitrogens is 2. The van der Waals surface area contributed by atoms with Gasteiger partial charge in [0.1, 0.15) is 5.01 Å². The fraction of sp³-hybridized carbons (Fsp3) is 0.400. The Morgan fingerprint density at radius 3 is 2.75 bits per heavy atom. The summed E-state index contributed by atoms with van der Waals surface area (Å²) >= 11 is 1.22. The molecule has 2 aromatic rings. The van der Waals surface area contributed by atoms with Gasteiger partial charge in [-0.25, -0.2) is 12.7 Å². The highest BCUT2D eigenvalue weighted by atomic mass is 32.2. The maximum atomic E-state index is 12.2. The van der Waals surface area contributed by atoms with Crippen molar-refractivity contribution in [3.63, 3.8) is 0 Å². The second-order valence-electron chi connectivity index (χ2n) is 5.73. The van der Waals surface area contributed by atoms with Gasteiger partial charge >= 0.3 is 0 Å². The van der Waals surface area contributed by atoms with E-state index in [0.29, 0.717) is 23.8 Å². The molecule has 1 aliphatic heterocycles. The van der Waals surface area contributed by atoms with Gasteiger partial charge in [0.2, 0.25) is 15.0 Å². The summed E-state index contributed by atoms with van der Waals surface area (Å²) in [5, 5.41) is 11.8. The first-order chi connectivity index (χ1) is 11.4. The molecular weight excluding hydrogens is 348 g/mol. The summed E-state index contributed by atoms with van der Waals surface area (Å²) in [6, 6.07) is 9.14. The van der Waals surface area contributed by atoms with E-state index in [1.54, 1.807) is 12.1 Å². The van der Waals surface area contributed by atoms with Crippen LogP contribution in [0.25, 0.3) is 0 Å². The van der Waals surface area contributed by atoms with E-state index in [9.17, 15) is 13.2 Å². The quantitative estimate of drug-likeness (QED) is 0.892. The minimum absolute atomic E-state index is 0.00995. The van der Waals surface area contributed by atoms with Crippen LogP contribution >= 0.6 is 11.3 Å². The van der Waals surface area contributed by atoms with Crippen LogP contribution in [-0.4, -0.2) is 48.2 Å². The number of rotatable bonds is 4. The van der Waals surface area contributed by atoms with Crippen molar-refractivity contribution < 1.29 is 13.2 Å². The predicted octanol–water partition coefficient (Wildman–Crippen LogP) is 1.93. The molecule has 0 spiro atoms. The van der Waals surface area contributed by atoms with Gasteiger partial charge in [0.25, 0.3) is 5.91 Å². The van der Waals surface area contributed by atoms with Crippen molar-refractivity contribution in [3.8, 4) is 0 Å². The van der Waals surface area contributed by atoms with Crippen molar-refractivity contribution in [2.45, 2.75) is 18.8 Å². The van der Waals surface area contributed by atoms with E-state index in [1.807, 2.05) is 18.2 Å².